The molecule has 0 bridgehead atoms. The van der Waals surface area contributed by atoms with Crippen molar-refractivity contribution in [1.82, 2.24) is 10.6 Å². The number of thiophene rings is 1. The molecule has 0 aromatic carbocycles. The van der Waals surface area contributed by atoms with E-state index in [9.17, 15) is 14.7 Å². The fraction of sp³-hybridized carbons (Fsp3) is 0.571. The third-order valence-corrected chi connectivity index (χ3v) is 4.41. The third kappa shape index (κ3) is 3.80. The van der Waals surface area contributed by atoms with E-state index in [1.54, 1.807) is 19.1 Å². The second-order valence-corrected chi connectivity index (χ2v) is 6.09. The van der Waals surface area contributed by atoms with Gasteiger partial charge in [-0.2, -0.15) is 0 Å². The second kappa shape index (κ2) is 6.85. The number of aliphatic hydroxyl groups is 1. The number of aliphatic hydroxyl groups excluding tert-OH is 1. The summed E-state index contributed by atoms with van der Waals surface area (Å²) in [5, 5.41) is 17.1. The molecule has 20 heavy (non-hydrogen) atoms. The topological polar surface area (TPSA) is 78.4 Å². The van der Waals surface area contributed by atoms with E-state index in [-0.39, 0.29) is 17.9 Å². The fourth-order valence-corrected chi connectivity index (χ4v) is 2.96. The van der Waals surface area contributed by atoms with Crippen molar-refractivity contribution in [3.05, 3.63) is 22.4 Å². The van der Waals surface area contributed by atoms with Gasteiger partial charge in [0.05, 0.1) is 17.0 Å². The highest BCUT2D eigenvalue weighted by atomic mass is 32.1. The predicted octanol–water partition coefficient (Wildman–Crippen LogP) is 1.29. The average molecular weight is 296 g/mol. The summed E-state index contributed by atoms with van der Waals surface area (Å²) in [4.78, 5) is 24.5. The van der Waals surface area contributed by atoms with Gasteiger partial charge in [-0.3, -0.25) is 9.59 Å². The highest BCUT2D eigenvalue weighted by Gasteiger charge is 2.26. The lowest BCUT2D eigenvalue weighted by Gasteiger charge is -2.29. The molecule has 3 N–H and O–H groups in total. The molecule has 2 rings (SSSR count). The van der Waals surface area contributed by atoms with Gasteiger partial charge in [0.15, 0.2) is 0 Å². The Morgan fingerprint density at radius 3 is 2.80 bits per heavy atom. The van der Waals surface area contributed by atoms with Crippen LogP contribution in [0.15, 0.2) is 17.5 Å². The molecule has 1 aliphatic carbocycles. The SMILES string of the molecule is CC(NC(=O)c1cccs1)C(=O)N[C@H]1CCCC[C@@H]1O. The van der Waals surface area contributed by atoms with Gasteiger partial charge in [0.25, 0.3) is 5.91 Å². The summed E-state index contributed by atoms with van der Waals surface area (Å²) < 4.78 is 0. The van der Waals surface area contributed by atoms with Gasteiger partial charge in [0.2, 0.25) is 5.91 Å². The van der Waals surface area contributed by atoms with E-state index >= 15 is 0 Å². The molecule has 1 aliphatic rings. The van der Waals surface area contributed by atoms with Gasteiger partial charge in [-0.05, 0) is 31.2 Å². The summed E-state index contributed by atoms with van der Waals surface area (Å²) in [6, 6.07) is 2.70. The summed E-state index contributed by atoms with van der Waals surface area (Å²) in [5.41, 5.74) is 0. The maximum absolute atomic E-state index is 12.0. The highest BCUT2D eigenvalue weighted by Crippen LogP contribution is 2.18. The fourth-order valence-electron chi connectivity index (χ4n) is 2.33. The lowest BCUT2D eigenvalue weighted by atomic mass is 9.92. The van der Waals surface area contributed by atoms with Crippen LogP contribution in [0.5, 0.6) is 0 Å². The Morgan fingerprint density at radius 1 is 1.40 bits per heavy atom. The molecule has 5 nitrogen and oxygen atoms in total. The van der Waals surface area contributed by atoms with Gasteiger partial charge >= 0.3 is 0 Å². The van der Waals surface area contributed by atoms with E-state index in [1.165, 1.54) is 11.3 Å². The molecule has 3 atom stereocenters. The van der Waals surface area contributed by atoms with Crippen molar-refractivity contribution in [2.24, 2.45) is 0 Å². The van der Waals surface area contributed by atoms with Gasteiger partial charge in [0, 0.05) is 0 Å². The van der Waals surface area contributed by atoms with Crippen LogP contribution in [0.4, 0.5) is 0 Å². The van der Waals surface area contributed by atoms with Crippen molar-refractivity contribution in [1.29, 1.82) is 0 Å². The van der Waals surface area contributed by atoms with E-state index in [4.69, 9.17) is 0 Å². The first kappa shape index (κ1) is 15.0. The van der Waals surface area contributed by atoms with Gasteiger partial charge in [-0.25, -0.2) is 0 Å². The van der Waals surface area contributed by atoms with Crippen molar-refractivity contribution >= 4 is 23.2 Å². The molecule has 1 aromatic heterocycles. The van der Waals surface area contributed by atoms with Crippen molar-refractivity contribution in [2.75, 3.05) is 0 Å². The minimum absolute atomic E-state index is 0.197. The number of carbonyl (C=O) groups is 2. The van der Waals surface area contributed by atoms with Crippen LogP contribution >= 0.6 is 11.3 Å². The first-order chi connectivity index (χ1) is 9.58. The smallest absolute Gasteiger partial charge is 0.261 e. The molecule has 1 unspecified atom stereocenters. The quantitative estimate of drug-likeness (QED) is 0.783. The number of hydrogen-bond donors (Lipinski definition) is 3. The first-order valence-electron chi connectivity index (χ1n) is 6.90. The van der Waals surface area contributed by atoms with Crippen molar-refractivity contribution in [3.63, 3.8) is 0 Å². The van der Waals surface area contributed by atoms with E-state index < -0.39 is 12.1 Å². The van der Waals surface area contributed by atoms with E-state index in [0.29, 0.717) is 4.88 Å². The molecule has 0 spiro atoms. The Kier molecular flexibility index (Phi) is 5.14. The van der Waals surface area contributed by atoms with Crippen LogP contribution in [0.3, 0.4) is 0 Å². The summed E-state index contributed by atoms with van der Waals surface area (Å²) in [5.74, 6) is -0.493. The van der Waals surface area contributed by atoms with Crippen LogP contribution < -0.4 is 10.6 Å². The molecule has 6 heteroatoms. The molecule has 2 amide bonds. The van der Waals surface area contributed by atoms with Crippen LogP contribution in [-0.4, -0.2) is 35.1 Å². The first-order valence-corrected chi connectivity index (χ1v) is 7.78. The van der Waals surface area contributed by atoms with Crippen LogP contribution in [0, 0.1) is 0 Å². The third-order valence-electron chi connectivity index (χ3n) is 3.54. The predicted molar refractivity (Wildman–Crippen MR) is 77.7 cm³/mol. The zero-order valence-corrected chi connectivity index (χ0v) is 12.3. The molecule has 1 fully saturated rings. The van der Waals surface area contributed by atoms with Crippen LogP contribution in [0.1, 0.15) is 42.3 Å². The standard InChI is InChI=1S/C14H20N2O3S/c1-9(15-14(19)12-7-4-8-20-12)13(18)16-10-5-2-3-6-11(10)17/h4,7-11,17H,2-3,5-6H2,1H3,(H,15,19)(H,16,18)/t9?,10-,11-/m0/s1. The average Bonchev–Trinajstić information content (AvgIpc) is 2.95. The molecule has 0 aliphatic heterocycles. The van der Waals surface area contributed by atoms with Gasteiger partial charge in [-0.15, -0.1) is 11.3 Å². The molecule has 1 heterocycles. The molecular formula is C14H20N2O3S. The van der Waals surface area contributed by atoms with Gasteiger partial charge in [0.1, 0.15) is 6.04 Å². The minimum atomic E-state index is -0.612. The Labute approximate surface area is 122 Å². The summed E-state index contributed by atoms with van der Waals surface area (Å²) in [7, 11) is 0. The Balaban J connectivity index is 1.84. The molecule has 110 valence electrons. The Bertz CT molecular complexity index is 461. The number of hydrogen-bond acceptors (Lipinski definition) is 4. The zero-order valence-electron chi connectivity index (χ0n) is 11.5. The summed E-state index contributed by atoms with van der Waals surface area (Å²) in [6.07, 6.45) is 3.04. The van der Waals surface area contributed by atoms with Crippen LogP contribution in [-0.2, 0) is 4.79 Å². The van der Waals surface area contributed by atoms with Crippen molar-refractivity contribution in [3.8, 4) is 0 Å². The number of nitrogens with one attached hydrogen (secondary N) is 2. The highest BCUT2D eigenvalue weighted by molar-refractivity contribution is 7.12. The summed E-state index contributed by atoms with van der Waals surface area (Å²) in [6.45, 7) is 1.65. The molecule has 1 aromatic rings. The minimum Gasteiger partial charge on any atom is -0.391 e. The van der Waals surface area contributed by atoms with E-state index in [2.05, 4.69) is 10.6 Å². The lowest BCUT2D eigenvalue weighted by molar-refractivity contribution is -0.124. The Hall–Kier alpha value is -1.40. The number of rotatable bonds is 4. The van der Waals surface area contributed by atoms with E-state index in [0.717, 1.165) is 25.7 Å². The van der Waals surface area contributed by atoms with Crippen molar-refractivity contribution in [2.45, 2.75) is 50.8 Å². The molecule has 0 radical (unpaired) electrons. The normalized spacial score (nSPS) is 23.9. The lowest BCUT2D eigenvalue weighted by Crippen LogP contribution is -2.52. The Morgan fingerprint density at radius 2 is 2.15 bits per heavy atom. The van der Waals surface area contributed by atoms with Gasteiger partial charge < -0.3 is 15.7 Å². The second-order valence-electron chi connectivity index (χ2n) is 5.14. The van der Waals surface area contributed by atoms with Crippen molar-refractivity contribution < 1.29 is 14.7 Å². The monoisotopic (exact) mass is 296 g/mol. The molecule has 1 saturated carbocycles. The van der Waals surface area contributed by atoms with Crippen LogP contribution in [0.2, 0.25) is 0 Å². The maximum Gasteiger partial charge on any atom is 0.261 e. The van der Waals surface area contributed by atoms with E-state index in [1.807, 2.05) is 5.38 Å². The van der Waals surface area contributed by atoms with Crippen LogP contribution in [0.25, 0.3) is 0 Å². The summed E-state index contributed by atoms with van der Waals surface area (Å²) >= 11 is 1.34. The molecule has 0 saturated heterocycles. The number of amides is 2. The number of carbonyl (C=O) groups excluding carboxylic acids is 2. The zero-order chi connectivity index (χ0) is 14.5. The largest absolute Gasteiger partial charge is 0.391 e. The van der Waals surface area contributed by atoms with Gasteiger partial charge in [-0.1, -0.05) is 18.9 Å². The maximum atomic E-state index is 12.0. The molecular weight excluding hydrogens is 276 g/mol.